The van der Waals surface area contributed by atoms with Crippen molar-refractivity contribution in [3.05, 3.63) is 36.2 Å². The number of para-hydroxylation sites is 1. The number of aliphatic hydroxyl groups is 1. The minimum Gasteiger partial charge on any atom is -0.382 e. The molecule has 0 amide bonds. The maximum Gasteiger partial charge on any atom is 0.415 e. The first-order chi connectivity index (χ1) is 9.88. The molecule has 2 rings (SSSR count). The molecule has 1 N–H and O–H groups in total. The Morgan fingerprint density at radius 1 is 1.29 bits per heavy atom. The van der Waals surface area contributed by atoms with E-state index >= 15 is 0 Å². The first-order valence-electron chi connectivity index (χ1n) is 6.14. The summed E-state index contributed by atoms with van der Waals surface area (Å²) in [6, 6.07) is 9.00. The van der Waals surface area contributed by atoms with Crippen molar-refractivity contribution >= 4 is 0 Å². The summed E-state index contributed by atoms with van der Waals surface area (Å²) in [4.78, 5) is 1.31. The number of aliphatic hydroxyl groups excluding tert-OH is 1. The first kappa shape index (κ1) is 15.4. The van der Waals surface area contributed by atoms with Crippen LogP contribution in [0.1, 0.15) is 5.82 Å². The predicted octanol–water partition coefficient (Wildman–Crippen LogP) is 1.02. The molecule has 0 fully saturated rings. The molecule has 0 aliphatic heterocycles. The Morgan fingerprint density at radius 2 is 1.95 bits per heavy atom. The van der Waals surface area contributed by atoms with Gasteiger partial charge in [-0.15, -0.1) is 5.10 Å². The Balaban J connectivity index is 2.06. The van der Waals surface area contributed by atoms with Gasteiger partial charge in [0.1, 0.15) is 0 Å². The van der Waals surface area contributed by atoms with Gasteiger partial charge in [0.25, 0.3) is 0 Å². The molecule has 0 saturated carbocycles. The monoisotopic (exact) mass is 301 g/mol. The van der Waals surface area contributed by atoms with Crippen LogP contribution in [0.4, 0.5) is 13.2 Å². The van der Waals surface area contributed by atoms with Gasteiger partial charge in [-0.1, -0.05) is 18.2 Å². The van der Waals surface area contributed by atoms with Crippen molar-refractivity contribution in [3.63, 3.8) is 0 Å². The molecule has 0 radical (unpaired) electrons. The maximum atomic E-state index is 12.3. The van der Waals surface area contributed by atoms with E-state index in [4.69, 9.17) is 5.11 Å². The van der Waals surface area contributed by atoms with Crippen LogP contribution in [0.3, 0.4) is 0 Å². The summed E-state index contributed by atoms with van der Waals surface area (Å²) in [6.07, 6.45) is -7.04. The predicted molar refractivity (Wildman–Crippen MR) is 67.5 cm³/mol. The molecule has 114 valence electrons. The SMILES string of the molecule is CN(Cc1nnnn1-c1ccccc1)CC(O)C(F)(F)F. The summed E-state index contributed by atoms with van der Waals surface area (Å²) in [6.45, 7) is -0.472. The van der Waals surface area contributed by atoms with Crippen molar-refractivity contribution in [1.29, 1.82) is 0 Å². The van der Waals surface area contributed by atoms with E-state index in [-0.39, 0.29) is 6.54 Å². The number of tetrazole rings is 1. The van der Waals surface area contributed by atoms with E-state index in [2.05, 4.69) is 15.5 Å². The maximum absolute atomic E-state index is 12.3. The third-order valence-corrected chi connectivity index (χ3v) is 2.81. The Labute approximate surface area is 118 Å². The van der Waals surface area contributed by atoms with Gasteiger partial charge in [0.2, 0.25) is 0 Å². The quantitative estimate of drug-likeness (QED) is 0.893. The molecule has 1 aromatic carbocycles. The van der Waals surface area contributed by atoms with Crippen LogP contribution < -0.4 is 0 Å². The highest BCUT2D eigenvalue weighted by Crippen LogP contribution is 2.20. The van der Waals surface area contributed by atoms with E-state index in [0.717, 1.165) is 0 Å². The highest BCUT2D eigenvalue weighted by Gasteiger charge is 2.38. The fraction of sp³-hybridized carbons (Fsp3) is 0.417. The average Bonchev–Trinajstić information content (AvgIpc) is 2.86. The number of nitrogens with zero attached hydrogens (tertiary/aromatic N) is 5. The summed E-state index contributed by atoms with van der Waals surface area (Å²) in [5, 5.41) is 20.2. The summed E-state index contributed by atoms with van der Waals surface area (Å²) >= 11 is 0. The highest BCUT2D eigenvalue weighted by atomic mass is 19.4. The fourth-order valence-electron chi connectivity index (χ4n) is 1.78. The summed E-state index contributed by atoms with van der Waals surface area (Å²) in [7, 11) is 1.46. The molecule has 0 aliphatic carbocycles. The minimum absolute atomic E-state index is 0.0784. The topological polar surface area (TPSA) is 67.1 Å². The number of rotatable bonds is 5. The normalized spacial score (nSPS) is 13.6. The molecule has 6 nitrogen and oxygen atoms in total. The fourth-order valence-corrected chi connectivity index (χ4v) is 1.78. The van der Waals surface area contributed by atoms with Gasteiger partial charge < -0.3 is 5.11 Å². The zero-order valence-corrected chi connectivity index (χ0v) is 11.2. The number of alkyl halides is 3. The molecular weight excluding hydrogens is 287 g/mol. The summed E-state index contributed by atoms with van der Waals surface area (Å²) in [5.41, 5.74) is 0.710. The van der Waals surface area contributed by atoms with Crippen LogP contribution in [0.2, 0.25) is 0 Å². The van der Waals surface area contributed by atoms with Crippen LogP contribution in [0, 0.1) is 0 Å². The number of halogens is 3. The van der Waals surface area contributed by atoms with E-state index in [1.165, 1.54) is 16.6 Å². The van der Waals surface area contributed by atoms with Crippen LogP contribution >= 0.6 is 0 Å². The smallest absolute Gasteiger partial charge is 0.382 e. The number of hydrogen-bond donors (Lipinski definition) is 1. The molecule has 1 unspecified atom stereocenters. The highest BCUT2D eigenvalue weighted by molar-refractivity contribution is 5.30. The Bertz CT molecular complexity index is 572. The van der Waals surface area contributed by atoms with E-state index in [1.807, 2.05) is 6.07 Å². The largest absolute Gasteiger partial charge is 0.415 e. The molecule has 0 spiro atoms. The molecule has 1 aromatic heterocycles. The molecule has 1 atom stereocenters. The standard InChI is InChI=1S/C12H14F3N5O/c1-19(7-10(21)12(13,14)15)8-11-16-17-18-20(11)9-5-3-2-4-6-9/h2-6,10,21H,7-8H2,1H3. The summed E-state index contributed by atoms with van der Waals surface area (Å²) < 4.78 is 38.4. The summed E-state index contributed by atoms with van der Waals surface area (Å²) in [5.74, 6) is 0.387. The molecular formula is C12H14F3N5O. The molecule has 1 heterocycles. The van der Waals surface area contributed by atoms with E-state index < -0.39 is 18.8 Å². The Hall–Kier alpha value is -2.00. The van der Waals surface area contributed by atoms with Gasteiger partial charge in [-0.3, -0.25) is 4.90 Å². The van der Waals surface area contributed by atoms with Crippen LogP contribution in [0.25, 0.3) is 5.69 Å². The van der Waals surface area contributed by atoms with Gasteiger partial charge >= 0.3 is 6.18 Å². The lowest BCUT2D eigenvalue weighted by molar-refractivity contribution is -0.207. The molecule has 9 heteroatoms. The third kappa shape index (κ3) is 3.99. The first-order valence-corrected chi connectivity index (χ1v) is 6.14. The zero-order chi connectivity index (χ0) is 15.5. The van der Waals surface area contributed by atoms with Crippen molar-refractivity contribution in [2.75, 3.05) is 13.6 Å². The van der Waals surface area contributed by atoms with Crippen LogP contribution in [-0.2, 0) is 6.54 Å². The lowest BCUT2D eigenvalue weighted by atomic mass is 10.3. The van der Waals surface area contributed by atoms with Gasteiger partial charge in [-0.05, 0) is 29.6 Å². The van der Waals surface area contributed by atoms with Gasteiger partial charge in [-0.25, -0.2) is 0 Å². The minimum atomic E-state index is -4.64. The third-order valence-electron chi connectivity index (χ3n) is 2.81. The Morgan fingerprint density at radius 3 is 2.57 bits per heavy atom. The van der Waals surface area contributed by atoms with Gasteiger partial charge in [0.15, 0.2) is 11.9 Å². The van der Waals surface area contributed by atoms with E-state index in [1.54, 1.807) is 24.3 Å². The molecule has 0 saturated heterocycles. The van der Waals surface area contributed by atoms with Gasteiger partial charge in [0, 0.05) is 6.54 Å². The lowest BCUT2D eigenvalue weighted by Gasteiger charge is -2.21. The molecule has 2 aromatic rings. The second-order valence-electron chi connectivity index (χ2n) is 4.60. The van der Waals surface area contributed by atoms with Crippen LogP contribution in [0.5, 0.6) is 0 Å². The molecule has 21 heavy (non-hydrogen) atoms. The number of hydrogen-bond acceptors (Lipinski definition) is 5. The van der Waals surface area contributed by atoms with Gasteiger partial charge in [0.05, 0.1) is 12.2 Å². The van der Waals surface area contributed by atoms with Crippen molar-refractivity contribution < 1.29 is 18.3 Å². The molecule has 0 bridgehead atoms. The van der Waals surface area contributed by atoms with Crippen molar-refractivity contribution in [2.45, 2.75) is 18.8 Å². The van der Waals surface area contributed by atoms with Crippen molar-refractivity contribution in [2.24, 2.45) is 0 Å². The number of benzene rings is 1. The van der Waals surface area contributed by atoms with Crippen molar-refractivity contribution in [3.8, 4) is 5.69 Å². The van der Waals surface area contributed by atoms with E-state index in [0.29, 0.717) is 11.5 Å². The lowest BCUT2D eigenvalue weighted by Crippen LogP contribution is -2.39. The van der Waals surface area contributed by atoms with Crippen LogP contribution in [0.15, 0.2) is 30.3 Å². The van der Waals surface area contributed by atoms with Crippen molar-refractivity contribution in [1.82, 2.24) is 25.1 Å². The van der Waals surface area contributed by atoms with Crippen LogP contribution in [-0.4, -0.2) is 56.1 Å². The Kier molecular flexibility index (Phi) is 4.53. The average molecular weight is 301 g/mol. The number of likely N-dealkylation sites (N-methyl/N-ethyl adjacent to an activating group) is 1. The molecule has 0 aliphatic rings. The van der Waals surface area contributed by atoms with Gasteiger partial charge in [-0.2, -0.15) is 17.9 Å². The number of aromatic nitrogens is 4. The second-order valence-corrected chi connectivity index (χ2v) is 4.60. The zero-order valence-electron chi connectivity index (χ0n) is 11.2. The second kappa shape index (κ2) is 6.19. The van der Waals surface area contributed by atoms with E-state index in [9.17, 15) is 13.2 Å².